The first-order chi connectivity index (χ1) is 7.27. The molecule has 0 N–H and O–H groups in total. The molecule has 0 atom stereocenters. The standard InChI is InChI=1S/C7H2ClF2IN2O2S/c8-16(14,15)6-3(11)1-4(7(9)10)13-5(6)2-12/h1,7H. The largest absolute Gasteiger partial charge is 0.280 e. The van der Waals surface area contributed by atoms with Crippen LogP contribution in [0.5, 0.6) is 0 Å². The molecule has 86 valence electrons. The first kappa shape index (κ1) is 13.5. The predicted molar refractivity (Wildman–Crippen MR) is 59.7 cm³/mol. The molecule has 16 heavy (non-hydrogen) atoms. The summed E-state index contributed by atoms with van der Waals surface area (Å²) in [6, 6.07) is 2.30. The monoisotopic (exact) mass is 378 g/mol. The van der Waals surface area contributed by atoms with E-state index in [1.54, 1.807) is 0 Å². The fourth-order valence-corrected chi connectivity index (χ4v) is 3.86. The first-order valence-electron chi connectivity index (χ1n) is 3.60. The molecular formula is C7H2ClF2IN2O2S. The molecule has 0 aromatic carbocycles. The van der Waals surface area contributed by atoms with Crippen LogP contribution in [0.1, 0.15) is 17.8 Å². The average Bonchev–Trinajstić information content (AvgIpc) is 2.14. The van der Waals surface area contributed by atoms with Crippen molar-refractivity contribution in [1.82, 2.24) is 4.98 Å². The number of nitrogens with zero attached hydrogens (tertiary/aromatic N) is 2. The van der Waals surface area contributed by atoms with Crippen LogP contribution in [0.3, 0.4) is 0 Å². The summed E-state index contributed by atoms with van der Waals surface area (Å²) in [4.78, 5) is 2.70. The first-order valence-corrected chi connectivity index (χ1v) is 6.99. The molecule has 0 spiro atoms. The molecule has 0 aliphatic rings. The minimum atomic E-state index is -4.18. The van der Waals surface area contributed by atoms with E-state index in [1.165, 1.54) is 28.7 Å². The average molecular weight is 379 g/mol. The smallest absolute Gasteiger partial charge is 0.235 e. The summed E-state index contributed by atoms with van der Waals surface area (Å²) in [5, 5.41) is 8.63. The molecule has 4 nitrogen and oxygen atoms in total. The van der Waals surface area contributed by atoms with Gasteiger partial charge in [-0.05, 0) is 28.7 Å². The van der Waals surface area contributed by atoms with Crippen LogP contribution in [-0.2, 0) is 9.05 Å². The highest BCUT2D eigenvalue weighted by atomic mass is 127. The van der Waals surface area contributed by atoms with E-state index in [1.807, 2.05) is 0 Å². The van der Waals surface area contributed by atoms with E-state index in [-0.39, 0.29) is 3.57 Å². The Morgan fingerprint density at radius 3 is 2.50 bits per heavy atom. The quantitative estimate of drug-likeness (QED) is 0.585. The van der Waals surface area contributed by atoms with Gasteiger partial charge in [-0.15, -0.1) is 0 Å². The number of hydrogen-bond acceptors (Lipinski definition) is 4. The SMILES string of the molecule is N#Cc1nc(C(F)F)cc(I)c1S(=O)(=O)Cl. The molecule has 1 aromatic heterocycles. The van der Waals surface area contributed by atoms with E-state index in [0.717, 1.165) is 6.07 Å². The molecule has 9 heteroatoms. The molecule has 1 heterocycles. The Hall–Kier alpha value is -0.530. The third-order valence-electron chi connectivity index (χ3n) is 1.52. The molecule has 0 bridgehead atoms. The van der Waals surface area contributed by atoms with Crippen molar-refractivity contribution in [2.45, 2.75) is 11.3 Å². The van der Waals surface area contributed by atoms with Gasteiger partial charge >= 0.3 is 0 Å². The molecule has 1 aromatic rings. The summed E-state index contributed by atoms with van der Waals surface area (Å²) in [6.45, 7) is 0. The van der Waals surface area contributed by atoms with Crippen LogP contribution in [-0.4, -0.2) is 13.4 Å². The zero-order valence-electron chi connectivity index (χ0n) is 7.29. The van der Waals surface area contributed by atoms with Gasteiger partial charge in [-0.25, -0.2) is 22.2 Å². The Morgan fingerprint density at radius 2 is 2.12 bits per heavy atom. The molecule has 1 rings (SSSR count). The minimum Gasteiger partial charge on any atom is -0.235 e. The van der Waals surface area contributed by atoms with Gasteiger partial charge in [-0.2, -0.15) is 5.26 Å². The van der Waals surface area contributed by atoms with E-state index in [9.17, 15) is 17.2 Å². The Kier molecular flexibility index (Phi) is 4.03. The molecule has 0 aliphatic heterocycles. The van der Waals surface area contributed by atoms with Crippen molar-refractivity contribution in [2.24, 2.45) is 0 Å². The highest BCUT2D eigenvalue weighted by Gasteiger charge is 2.24. The van der Waals surface area contributed by atoms with Crippen molar-refractivity contribution in [3.05, 3.63) is 21.0 Å². The fraction of sp³-hybridized carbons (Fsp3) is 0.143. The lowest BCUT2D eigenvalue weighted by atomic mass is 10.3. The van der Waals surface area contributed by atoms with Crippen molar-refractivity contribution < 1.29 is 17.2 Å². The third-order valence-corrected chi connectivity index (χ3v) is 4.10. The molecule has 0 amide bonds. The van der Waals surface area contributed by atoms with Gasteiger partial charge < -0.3 is 0 Å². The summed E-state index contributed by atoms with van der Waals surface area (Å²) in [5.41, 5.74) is -1.29. The van der Waals surface area contributed by atoms with Crippen molar-refractivity contribution in [3.8, 4) is 6.07 Å². The summed E-state index contributed by atoms with van der Waals surface area (Å²) in [6.07, 6.45) is -2.88. The van der Waals surface area contributed by atoms with Gasteiger partial charge in [0, 0.05) is 14.3 Å². The zero-order chi connectivity index (χ0) is 12.5. The fourth-order valence-electron chi connectivity index (χ4n) is 0.940. The highest BCUT2D eigenvalue weighted by molar-refractivity contribution is 14.1. The van der Waals surface area contributed by atoms with Crippen LogP contribution in [0.25, 0.3) is 0 Å². The second-order valence-electron chi connectivity index (χ2n) is 2.56. The third kappa shape index (κ3) is 2.78. The van der Waals surface area contributed by atoms with E-state index < -0.39 is 31.8 Å². The summed E-state index contributed by atoms with van der Waals surface area (Å²) in [5.74, 6) is 0. The Balaban J connectivity index is 3.62. The summed E-state index contributed by atoms with van der Waals surface area (Å²) in [7, 11) is 0.885. The summed E-state index contributed by atoms with van der Waals surface area (Å²) >= 11 is 1.51. The predicted octanol–water partition coefficient (Wildman–Crippen LogP) is 2.42. The topological polar surface area (TPSA) is 70.8 Å². The lowest BCUT2D eigenvalue weighted by Crippen LogP contribution is -2.04. The number of alkyl halides is 2. The lowest BCUT2D eigenvalue weighted by Gasteiger charge is -2.05. The van der Waals surface area contributed by atoms with Crippen LogP contribution in [0.15, 0.2) is 11.0 Å². The van der Waals surface area contributed by atoms with E-state index in [4.69, 9.17) is 15.9 Å². The second-order valence-corrected chi connectivity index (χ2v) is 6.22. The highest BCUT2D eigenvalue weighted by Crippen LogP contribution is 2.28. The van der Waals surface area contributed by atoms with Gasteiger partial charge in [0.05, 0.1) is 0 Å². The van der Waals surface area contributed by atoms with Gasteiger partial charge in [-0.1, -0.05) is 0 Å². The number of aromatic nitrogens is 1. The van der Waals surface area contributed by atoms with Crippen molar-refractivity contribution >= 4 is 42.3 Å². The Labute approximate surface area is 108 Å². The van der Waals surface area contributed by atoms with Crippen LogP contribution >= 0.6 is 33.3 Å². The second kappa shape index (κ2) is 4.77. The van der Waals surface area contributed by atoms with Gasteiger partial charge in [-0.3, -0.25) is 0 Å². The number of pyridine rings is 1. The normalized spacial score (nSPS) is 11.5. The summed E-state index contributed by atoms with van der Waals surface area (Å²) < 4.78 is 46.8. The molecule has 0 unspecified atom stereocenters. The molecule has 0 fully saturated rings. The van der Waals surface area contributed by atoms with E-state index in [0.29, 0.717) is 0 Å². The van der Waals surface area contributed by atoms with E-state index in [2.05, 4.69) is 4.98 Å². The number of hydrogen-bond donors (Lipinski definition) is 0. The molecule has 0 saturated carbocycles. The van der Waals surface area contributed by atoms with E-state index >= 15 is 0 Å². The molecule has 0 radical (unpaired) electrons. The Bertz CT molecular complexity index is 570. The Morgan fingerprint density at radius 1 is 1.56 bits per heavy atom. The van der Waals surface area contributed by atoms with Gasteiger partial charge in [0.25, 0.3) is 15.5 Å². The van der Waals surface area contributed by atoms with Gasteiger partial charge in [0.15, 0.2) is 5.69 Å². The molecular weight excluding hydrogens is 377 g/mol. The zero-order valence-corrected chi connectivity index (χ0v) is 11.0. The number of halogens is 4. The maximum Gasteiger partial charge on any atom is 0.280 e. The lowest BCUT2D eigenvalue weighted by molar-refractivity contribution is 0.145. The number of rotatable bonds is 2. The molecule has 0 saturated heterocycles. The van der Waals surface area contributed by atoms with Crippen LogP contribution in [0, 0.1) is 14.9 Å². The van der Waals surface area contributed by atoms with Gasteiger partial charge in [0.2, 0.25) is 0 Å². The van der Waals surface area contributed by atoms with Crippen molar-refractivity contribution in [1.29, 1.82) is 5.26 Å². The molecule has 0 aliphatic carbocycles. The maximum absolute atomic E-state index is 12.3. The number of nitriles is 1. The van der Waals surface area contributed by atoms with Crippen LogP contribution < -0.4 is 0 Å². The van der Waals surface area contributed by atoms with Crippen molar-refractivity contribution in [3.63, 3.8) is 0 Å². The van der Waals surface area contributed by atoms with Crippen LogP contribution in [0.2, 0.25) is 0 Å². The maximum atomic E-state index is 12.3. The van der Waals surface area contributed by atoms with Gasteiger partial charge in [0.1, 0.15) is 16.7 Å². The van der Waals surface area contributed by atoms with Crippen molar-refractivity contribution in [2.75, 3.05) is 0 Å². The minimum absolute atomic E-state index is 0.0607. The van der Waals surface area contributed by atoms with Crippen LogP contribution in [0.4, 0.5) is 8.78 Å².